The van der Waals surface area contributed by atoms with Gasteiger partial charge in [-0.3, -0.25) is 0 Å². The molecule has 0 aromatic heterocycles. The van der Waals surface area contributed by atoms with Gasteiger partial charge in [-0.2, -0.15) is 0 Å². The predicted molar refractivity (Wildman–Crippen MR) is 41.9 cm³/mol. The highest BCUT2D eigenvalue weighted by Gasteiger charge is 2.35. The lowest BCUT2D eigenvalue weighted by molar-refractivity contribution is -0.129. The van der Waals surface area contributed by atoms with Crippen LogP contribution in [0.1, 0.15) is 25.7 Å². The van der Waals surface area contributed by atoms with E-state index in [9.17, 15) is 4.79 Å². The first-order valence-electron chi connectivity index (χ1n) is 4.23. The summed E-state index contributed by atoms with van der Waals surface area (Å²) in [5.74, 6) is -0.401. The largest absolute Gasteiger partial charge is 0.477 e. The third-order valence-corrected chi connectivity index (χ3v) is 2.62. The number of carboxylic acids is 1. The van der Waals surface area contributed by atoms with Crippen LogP contribution in [0.15, 0.2) is 5.16 Å². The van der Waals surface area contributed by atoms with Gasteiger partial charge < -0.3 is 9.94 Å². The minimum Gasteiger partial charge on any atom is -0.477 e. The molecule has 0 aromatic carbocycles. The molecule has 2 aliphatic rings. The van der Waals surface area contributed by atoms with E-state index < -0.39 is 5.97 Å². The van der Waals surface area contributed by atoms with Crippen molar-refractivity contribution in [2.45, 2.75) is 31.8 Å². The predicted octanol–water partition coefficient (Wildman–Crippen LogP) is 1.02. The van der Waals surface area contributed by atoms with Crippen LogP contribution in [0.4, 0.5) is 0 Å². The first-order valence-corrected chi connectivity index (χ1v) is 4.23. The van der Waals surface area contributed by atoms with Gasteiger partial charge in [-0.15, -0.1) is 0 Å². The maximum absolute atomic E-state index is 10.5. The van der Waals surface area contributed by atoms with Crippen molar-refractivity contribution in [2.75, 3.05) is 0 Å². The Kier molecular flexibility index (Phi) is 1.75. The van der Waals surface area contributed by atoms with Gasteiger partial charge in [0.25, 0.3) is 0 Å². The maximum Gasteiger partial charge on any atom is 0.353 e. The third kappa shape index (κ3) is 1.17. The van der Waals surface area contributed by atoms with Gasteiger partial charge in [-0.25, -0.2) is 4.79 Å². The van der Waals surface area contributed by atoms with Crippen molar-refractivity contribution in [3.8, 4) is 0 Å². The number of nitrogens with zero attached hydrogens (tertiary/aromatic N) is 1. The molecule has 2 rings (SSSR count). The molecule has 1 unspecified atom stereocenters. The Bertz CT molecular complexity index is 232. The number of carbonyl (C=O) groups is 1. The summed E-state index contributed by atoms with van der Waals surface area (Å²) in [6.07, 6.45) is 4.09. The van der Waals surface area contributed by atoms with Crippen molar-refractivity contribution in [3.05, 3.63) is 0 Å². The highest BCUT2D eigenvalue weighted by atomic mass is 16.6. The van der Waals surface area contributed by atoms with E-state index in [-0.39, 0.29) is 11.8 Å². The molecule has 1 aliphatic heterocycles. The Labute approximate surface area is 70.2 Å². The first-order chi connectivity index (χ1) is 5.77. The van der Waals surface area contributed by atoms with Gasteiger partial charge in [-0.05, 0) is 18.8 Å². The summed E-state index contributed by atoms with van der Waals surface area (Å²) in [6, 6.07) is 0. The van der Waals surface area contributed by atoms with Crippen LogP contribution in [0, 0.1) is 5.92 Å². The van der Waals surface area contributed by atoms with E-state index in [1.165, 1.54) is 6.42 Å². The van der Waals surface area contributed by atoms with E-state index in [0.717, 1.165) is 12.8 Å². The zero-order valence-corrected chi connectivity index (χ0v) is 6.69. The van der Waals surface area contributed by atoms with E-state index in [1.54, 1.807) is 0 Å². The minimum atomic E-state index is -0.947. The molecule has 1 N–H and O–H groups in total. The fourth-order valence-electron chi connectivity index (χ4n) is 1.59. The van der Waals surface area contributed by atoms with Gasteiger partial charge in [0.15, 0.2) is 5.71 Å². The van der Waals surface area contributed by atoms with Crippen molar-refractivity contribution in [1.82, 2.24) is 0 Å². The van der Waals surface area contributed by atoms with Crippen molar-refractivity contribution in [2.24, 2.45) is 11.1 Å². The summed E-state index contributed by atoms with van der Waals surface area (Å²) in [7, 11) is 0. The first kappa shape index (κ1) is 7.58. The molecule has 0 saturated heterocycles. The van der Waals surface area contributed by atoms with Gasteiger partial charge in [0.2, 0.25) is 0 Å². The number of rotatable bonds is 2. The summed E-state index contributed by atoms with van der Waals surface area (Å²) >= 11 is 0. The summed E-state index contributed by atoms with van der Waals surface area (Å²) < 4.78 is 0. The number of oxime groups is 1. The number of carboxylic acid groups (broad SMARTS) is 1. The number of hydrogen-bond acceptors (Lipinski definition) is 3. The minimum absolute atomic E-state index is 0.0462. The lowest BCUT2D eigenvalue weighted by atomic mass is 9.80. The monoisotopic (exact) mass is 169 g/mol. The van der Waals surface area contributed by atoms with Crippen LogP contribution in [0.2, 0.25) is 0 Å². The van der Waals surface area contributed by atoms with Crippen LogP contribution in [0.5, 0.6) is 0 Å². The highest BCUT2D eigenvalue weighted by molar-refractivity contribution is 6.35. The Hall–Kier alpha value is -1.06. The Morgan fingerprint density at radius 1 is 1.58 bits per heavy atom. The summed E-state index contributed by atoms with van der Waals surface area (Å²) in [5.41, 5.74) is 0.173. The molecule has 1 fully saturated rings. The van der Waals surface area contributed by atoms with E-state index in [1.807, 2.05) is 0 Å². The average molecular weight is 169 g/mol. The fourth-order valence-corrected chi connectivity index (χ4v) is 1.59. The standard InChI is InChI=1S/C8H11NO3/c10-8(11)6-4-7(12-9-6)5-2-1-3-5/h5,7H,1-4H2,(H,10,11). The molecule has 4 heteroatoms. The van der Waals surface area contributed by atoms with Gasteiger partial charge in [-0.1, -0.05) is 11.6 Å². The highest BCUT2D eigenvalue weighted by Crippen LogP contribution is 2.34. The topological polar surface area (TPSA) is 58.9 Å². The molecule has 1 atom stereocenters. The SMILES string of the molecule is O=C(O)C1=NOC(C2CCC2)C1. The van der Waals surface area contributed by atoms with Crippen LogP contribution in [-0.4, -0.2) is 22.9 Å². The summed E-state index contributed by atoms with van der Waals surface area (Å²) in [4.78, 5) is 15.5. The van der Waals surface area contributed by atoms with Gasteiger partial charge in [0.1, 0.15) is 6.10 Å². The third-order valence-electron chi connectivity index (χ3n) is 2.62. The molecule has 0 radical (unpaired) electrons. The molecule has 0 spiro atoms. The van der Waals surface area contributed by atoms with E-state index in [2.05, 4.69) is 5.16 Å². The van der Waals surface area contributed by atoms with Gasteiger partial charge >= 0.3 is 5.97 Å². The van der Waals surface area contributed by atoms with Crippen LogP contribution >= 0.6 is 0 Å². The molecule has 1 saturated carbocycles. The molecular formula is C8H11NO3. The van der Waals surface area contributed by atoms with E-state index in [4.69, 9.17) is 9.94 Å². The molecule has 0 bridgehead atoms. The maximum atomic E-state index is 10.5. The smallest absolute Gasteiger partial charge is 0.353 e. The van der Waals surface area contributed by atoms with Crippen LogP contribution < -0.4 is 0 Å². The molecule has 1 aliphatic carbocycles. The van der Waals surface area contributed by atoms with Crippen LogP contribution in [0.3, 0.4) is 0 Å². The summed E-state index contributed by atoms with van der Waals surface area (Å²) in [5, 5.41) is 12.1. The van der Waals surface area contributed by atoms with Crippen LogP contribution in [-0.2, 0) is 9.63 Å². The lowest BCUT2D eigenvalue weighted by Gasteiger charge is -2.28. The molecular weight excluding hydrogens is 158 g/mol. The second kappa shape index (κ2) is 2.77. The van der Waals surface area contributed by atoms with Gasteiger partial charge in [0, 0.05) is 6.42 Å². The molecule has 66 valence electrons. The normalized spacial score (nSPS) is 29.0. The Morgan fingerprint density at radius 3 is 2.75 bits per heavy atom. The van der Waals surface area contributed by atoms with Crippen LogP contribution in [0.25, 0.3) is 0 Å². The second-order valence-corrected chi connectivity index (χ2v) is 3.38. The zero-order chi connectivity index (χ0) is 8.55. The van der Waals surface area contributed by atoms with Gasteiger partial charge in [0.05, 0.1) is 0 Å². The van der Waals surface area contributed by atoms with E-state index in [0.29, 0.717) is 12.3 Å². The number of aliphatic carboxylic acids is 1. The fraction of sp³-hybridized carbons (Fsp3) is 0.750. The van der Waals surface area contributed by atoms with Crippen molar-refractivity contribution in [3.63, 3.8) is 0 Å². The number of hydrogen-bond donors (Lipinski definition) is 1. The lowest BCUT2D eigenvalue weighted by Crippen LogP contribution is -2.27. The average Bonchev–Trinajstić information content (AvgIpc) is 2.32. The molecule has 1 heterocycles. The van der Waals surface area contributed by atoms with E-state index >= 15 is 0 Å². The zero-order valence-electron chi connectivity index (χ0n) is 6.69. The van der Waals surface area contributed by atoms with Crippen molar-refractivity contribution < 1.29 is 14.7 Å². The van der Waals surface area contributed by atoms with Crippen molar-refractivity contribution >= 4 is 11.7 Å². The quantitative estimate of drug-likeness (QED) is 0.671. The van der Waals surface area contributed by atoms with Crippen molar-refractivity contribution in [1.29, 1.82) is 0 Å². The Morgan fingerprint density at radius 2 is 2.33 bits per heavy atom. The molecule has 0 aromatic rings. The molecule has 12 heavy (non-hydrogen) atoms. The molecule has 4 nitrogen and oxygen atoms in total. The second-order valence-electron chi connectivity index (χ2n) is 3.38. The Balaban J connectivity index is 1.89. The molecule has 0 amide bonds. The summed E-state index contributed by atoms with van der Waals surface area (Å²) in [6.45, 7) is 0.